The molecular formula is C9H5ClF3N3O. The van der Waals surface area contributed by atoms with Crippen molar-refractivity contribution in [2.24, 2.45) is 0 Å². The van der Waals surface area contributed by atoms with Crippen LogP contribution in [0, 0.1) is 5.82 Å². The number of rotatable bonds is 2. The van der Waals surface area contributed by atoms with E-state index in [4.69, 9.17) is 11.6 Å². The lowest BCUT2D eigenvalue weighted by atomic mass is 10.3. The molecule has 0 spiro atoms. The number of hydrogen-bond donors (Lipinski definition) is 1. The van der Waals surface area contributed by atoms with E-state index in [1.165, 1.54) is 12.1 Å². The van der Waals surface area contributed by atoms with Gasteiger partial charge in [-0.1, -0.05) is 11.6 Å². The summed E-state index contributed by atoms with van der Waals surface area (Å²) in [5, 5.41) is 3.41. The fourth-order valence-electron chi connectivity index (χ4n) is 1.26. The van der Waals surface area contributed by atoms with Crippen molar-refractivity contribution in [3.05, 3.63) is 45.3 Å². The van der Waals surface area contributed by atoms with Gasteiger partial charge in [0.05, 0.1) is 0 Å². The van der Waals surface area contributed by atoms with Crippen LogP contribution in [0.3, 0.4) is 0 Å². The topological polar surface area (TPSA) is 50.7 Å². The van der Waals surface area contributed by atoms with Crippen molar-refractivity contribution in [2.75, 3.05) is 0 Å². The maximum Gasteiger partial charge on any atom is 0.348 e. The van der Waals surface area contributed by atoms with E-state index in [0.29, 0.717) is 4.68 Å². The van der Waals surface area contributed by atoms with Gasteiger partial charge in [-0.05, 0) is 18.2 Å². The van der Waals surface area contributed by atoms with E-state index in [2.05, 4.69) is 5.10 Å². The molecule has 1 aromatic heterocycles. The Morgan fingerprint density at radius 2 is 2.12 bits per heavy atom. The van der Waals surface area contributed by atoms with Gasteiger partial charge < -0.3 is 0 Å². The van der Waals surface area contributed by atoms with Crippen molar-refractivity contribution in [1.82, 2.24) is 14.8 Å². The summed E-state index contributed by atoms with van der Waals surface area (Å²) in [6.45, 7) is 0. The first-order valence-electron chi connectivity index (χ1n) is 4.42. The molecule has 0 radical (unpaired) electrons. The Bertz CT molecular complexity index is 608. The first-order chi connectivity index (χ1) is 7.99. The quantitative estimate of drug-likeness (QED) is 0.904. The minimum atomic E-state index is -2.93. The van der Waals surface area contributed by atoms with Gasteiger partial charge in [-0.25, -0.2) is 18.0 Å². The number of nitrogens with zero attached hydrogens (tertiary/aromatic N) is 2. The SMILES string of the molecule is O=c1[nH]c(C(F)F)nn1-c1ccc(Cl)cc1F. The summed E-state index contributed by atoms with van der Waals surface area (Å²) in [6.07, 6.45) is -2.93. The predicted molar refractivity (Wildman–Crippen MR) is 54.1 cm³/mol. The van der Waals surface area contributed by atoms with Crippen LogP contribution in [-0.4, -0.2) is 14.8 Å². The molecule has 2 aromatic rings. The van der Waals surface area contributed by atoms with E-state index in [-0.39, 0.29) is 10.7 Å². The van der Waals surface area contributed by atoms with Crippen LogP contribution in [0.5, 0.6) is 0 Å². The first-order valence-corrected chi connectivity index (χ1v) is 4.79. The zero-order chi connectivity index (χ0) is 12.6. The summed E-state index contributed by atoms with van der Waals surface area (Å²) in [4.78, 5) is 13.1. The highest BCUT2D eigenvalue weighted by molar-refractivity contribution is 6.30. The maximum absolute atomic E-state index is 13.4. The average Bonchev–Trinajstić information content (AvgIpc) is 2.61. The highest BCUT2D eigenvalue weighted by Crippen LogP contribution is 2.18. The van der Waals surface area contributed by atoms with Crippen LogP contribution in [0.1, 0.15) is 12.2 Å². The lowest BCUT2D eigenvalue weighted by molar-refractivity contribution is 0.140. The van der Waals surface area contributed by atoms with E-state index in [1.54, 1.807) is 0 Å². The zero-order valence-electron chi connectivity index (χ0n) is 8.12. The smallest absolute Gasteiger partial charge is 0.288 e. The standard InChI is InChI=1S/C9H5ClF3N3O/c10-4-1-2-6(5(11)3-4)16-9(17)14-8(15-16)7(12)13/h1-3,7H,(H,14,15,17). The fraction of sp³-hybridized carbons (Fsp3) is 0.111. The van der Waals surface area contributed by atoms with Crippen molar-refractivity contribution in [3.8, 4) is 5.69 Å². The maximum atomic E-state index is 13.4. The van der Waals surface area contributed by atoms with E-state index in [0.717, 1.165) is 6.07 Å². The fourth-order valence-corrected chi connectivity index (χ4v) is 1.41. The van der Waals surface area contributed by atoms with Gasteiger partial charge in [0.1, 0.15) is 5.69 Å². The lowest BCUT2D eigenvalue weighted by Crippen LogP contribution is -2.17. The molecule has 1 heterocycles. The number of aromatic nitrogens is 3. The number of hydrogen-bond acceptors (Lipinski definition) is 2. The highest BCUT2D eigenvalue weighted by atomic mass is 35.5. The first kappa shape index (κ1) is 11.7. The summed E-state index contributed by atoms with van der Waals surface area (Å²) in [5.74, 6) is -1.64. The van der Waals surface area contributed by atoms with Crippen molar-refractivity contribution >= 4 is 11.6 Å². The van der Waals surface area contributed by atoms with Crippen LogP contribution in [-0.2, 0) is 0 Å². The second-order valence-electron chi connectivity index (χ2n) is 3.12. The van der Waals surface area contributed by atoms with E-state index < -0.39 is 23.8 Å². The molecule has 2 rings (SSSR count). The van der Waals surface area contributed by atoms with Gasteiger partial charge in [-0.15, -0.1) is 5.10 Å². The zero-order valence-corrected chi connectivity index (χ0v) is 8.88. The van der Waals surface area contributed by atoms with Gasteiger partial charge >= 0.3 is 5.69 Å². The molecule has 90 valence electrons. The van der Waals surface area contributed by atoms with E-state index in [1.807, 2.05) is 4.98 Å². The summed E-state index contributed by atoms with van der Waals surface area (Å²) in [7, 11) is 0. The van der Waals surface area contributed by atoms with Crippen LogP contribution in [0.2, 0.25) is 5.02 Å². The molecular weight excluding hydrogens is 259 g/mol. The van der Waals surface area contributed by atoms with Crippen LogP contribution >= 0.6 is 11.6 Å². The monoisotopic (exact) mass is 263 g/mol. The van der Waals surface area contributed by atoms with Gasteiger partial charge in [0.15, 0.2) is 11.6 Å². The van der Waals surface area contributed by atoms with Gasteiger partial charge in [-0.3, -0.25) is 4.98 Å². The number of alkyl halides is 2. The third kappa shape index (κ3) is 2.19. The molecule has 0 aliphatic carbocycles. The van der Waals surface area contributed by atoms with E-state index >= 15 is 0 Å². The van der Waals surface area contributed by atoms with Gasteiger partial charge in [0.2, 0.25) is 0 Å². The second kappa shape index (κ2) is 4.25. The number of nitrogens with one attached hydrogen (secondary N) is 1. The molecule has 17 heavy (non-hydrogen) atoms. The van der Waals surface area contributed by atoms with Crippen molar-refractivity contribution in [3.63, 3.8) is 0 Å². The number of aromatic amines is 1. The largest absolute Gasteiger partial charge is 0.348 e. The molecule has 0 saturated carbocycles. The van der Waals surface area contributed by atoms with Crippen LogP contribution in [0.4, 0.5) is 13.2 Å². The molecule has 0 atom stereocenters. The van der Waals surface area contributed by atoms with Gasteiger partial charge in [0, 0.05) is 5.02 Å². The number of H-pyrrole nitrogens is 1. The lowest BCUT2D eigenvalue weighted by Gasteiger charge is -2.01. The molecule has 8 heteroatoms. The Kier molecular flexibility index (Phi) is 2.93. The van der Waals surface area contributed by atoms with Gasteiger partial charge in [0.25, 0.3) is 6.43 Å². The highest BCUT2D eigenvalue weighted by Gasteiger charge is 2.17. The Hall–Kier alpha value is -1.76. The Balaban J connectivity index is 2.57. The third-order valence-electron chi connectivity index (χ3n) is 1.98. The molecule has 0 saturated heterocycles. The minimum absolute atomic E-state index is 0.129. The average molecular weight is 264 g/mol. The van der Waals surface area contributed by atoms with Crippen molar-refractivity contribution in [2.45, 2.75) is 6.43 Å². The predicted octanol–water partition coefficient (Wildman–Crippen LogP) is 2.29. The molecule has 4 nitrogen and oxygen atoms in total. The summed E-state index contributed by atoms with van der Waals surface area (Å²) < 4.78 is 38.5. The second-order valence-corrected chi connectivity index (χ2v) is 3.56. The summed E-state index contributed by atoms with van der Waals surface area (Å²) in [5.41, 5.74) is -1.19. The van der Waals surface area contributed by atoms with Crippen molar-refractivity contribution in [1.29, 1.82) is 0 Å². The Morgan fingerprint density at radius 3 is 2.65 bits per heavy atom. The summed E-state index contributed by atoms with van der Waals surface area (Å²) in [6, 6.07) is 3.46. The summed E-state index contributed by atoms with van der Waals surface area (Å²) >= 11 is 5.52. The normalized spacial score (nSPS) is 11.1. The molecule has 0 fully saturated rings. The Labute approximate surface area is 97.6 Å². The third-order valence-corrected chi connectivity index (χ3v) is 2.21. The van der Waals surface area contributed by atoms with Crippen LogP contribution in [0.15, 0.2) is 23.0 Å². The van der Waals surface area contributed by atoms with Crippen LogP contribution < -0.4 is 5.69 Å². The van der Waals surface area contributed by atoms with Crippen LogP contribution in [0.25, 0.3) is 5.69 Å². The van der Waals surface area contributed by atoms with Gasteiger partial charge in [-0.2, -0.15) is 4.68 Å². The Morgan fingerprint density at radius 1 is 1.41 bits per heavy atom. The molecule has 0 bridgehead atoms. The van der Waals surface area contributed by atoms with Crippen molar-refractivity contribution < 1.29 is 13.2 Å². The number of benzene rings is 1. The number of halogens is 4. The molecule has 1 aromatic carbocycles. The molecule has 0 unspecified atom stereocenters. The van der Waals surface area contributed by atoms with E-state index in [9.17, 15) is 18.0 Å². The molecule has 0 amide bonds. The molecule has 1 N–H and O–H groups in total. The molecule has 0 aliphatic heterocycles. The molecule has 0 aliphatic rings. The minimum Gasteiger partial charge on any atom is -0.288 e.